The van der Waals surface area contributed by atoms with Gasteiger partial charge < -0.3 is 14.3 Å². The number of carbonyl (C=O) groups is 1. The van der Waals surface area contributed by atoms with Crippen LogP contribution in [0.2, 0.25) is 0 Å². The number of hydrogen-bond donors (Lipinski definition) is 1. The molecule has 0 aliphatic rings. The minimum absolute atomic E-state index is 0.0854. The average molecular weight is 234 g/mol. The fourth-order valence-corrected chi connectivity index (χ4v) is 1.58. The number of aromatic carboxylic acids is 1. The molecule has 0 amide bonds. The van der Waals surface area contributed by atoms with Gasteiger partial charge in [-0.05, 0) is 25.1 Å². The highest BCUT2D eigenvalue weighted by atomic mass is 16.5. The molecule has 2 aromatic rings. The fourth-order valence-electron chi connectivity index (χ4n) is 1.58. The molecule has 1 N–H and O–H groups in total. The van der Waals surface area contributed by atoms with Gasteiger partial charge in [0.1, 0.15) is 11.3 Å². The molecule has 0 saturated heterocycles. The molecule has 0 radical (unpaired) electrons. The standard InChI is InChI=1S/C12H10O5/c1-2-16-7-3-4-10-8(5-7)9(12(14)15)6-11(13)17-10/h3-6H,2H2,1H3,(H,14,15). The maximum absolute atomic E-state index is 11.2. The molecule has 0 fully saturated rings. The number of benzene rings is 1. The molecule has 1 heterocycles. The molecule has 0 aliphatic heterocycles. The van der Waals surface area contributed by atoms with E-state index in [0.29, 0.717) is 17.7 Å². The SMILES string of the molecule is CCOc1ccc2oc(=O)cc(C(=O)O)c2c1. The molecule has 5 heteroatoms. The van der Waals surface area contributed by atoms with Crippen LogP contribution in [0.15, 0.2) is 33.5 Å². The van der Waals surface area contributed by atoms with Gasteiger partial charge in [0.2, 0.25) is 0 Å². The smallest absolute Gasteiger partial charge is 0.337 e. The van der Waals surface area contributed by atoms with E-state index in [1.807, 2.05) is 6.92 Å². The Bertz CT molecular complexity index is 626. The van der Waals surface area contributed by atoms with Crippen molar-refractivity contribution >= 4 is 16.9 Å². The normalized spacial score (nSPS) is 10.4. The Kier molecular flexibility index (Phi) is 2.82. The van der Waals surface area contributed by atoms with Crippen LogP contribution in [0.25, 0.3) is 11.0 Å². The minimum Gasteiger partial charge on any atom is -0.494 e. The van der Waals surface area contributed by atoms with Crippen molar-refractivity contribution < 1.29 is 19.1 Å². The van der Waals surface area contributed by atoms with Crippen molar-refractivity contribution in [3.63, 3.8) is 0 Å². The van der Waals surface area contributed by atoms with E-state index in [1.54, 1.807) is 12.1 Å². The van der Waals surface area contributed by atoms with Crippen LogP contribution >= 0.6 is 0 Å². The van der Waals surface area contributed by atoms with Crippen molar-refractivity contribution in [2.45, 2.75) is 6.92 Å². The van der Waals surface area contributed by atoms with Gasteiger partial charge in [0.25, 0.3) is 0 Å². The molecule has 5 nitrogen and oxygen atoms in total. The van der Waals surface area contributed by atoms with Gasteiger partial charge in [-0.2, -0.15) is 0 Å². The minimum atomic E-state index is -1.17. The molecular formula is C12H10O5. The van der Waals surface area contributed by atoms with Crippen LogP contribution in [0.3, 0.4) is 0 Å². The van der Waals surface area contributed by atoms with E-state index in [1.165, 1.54) is 6.07 Å². The Balaban J connectivity index is 2.73. The monoisotopic (exact) mass is 234 g/mol. The van der Waals surface area contributed by atoms with Gasteiger partial charge in [-0.15, -0.1) is 0 Å². The zero-order chi connectivity index (χ0) is 12.4. The Labute approximate surface area is 96.2 Å². The Hall–Kier alpha value is -2.30. The Morgan fingerprint density at radius 1 is 1.41 bits per heavy atom. The van der Waals surface area contributed by atoms with Gasteiger partial charge >= 0.3 is 11.6 Å². The quantitative estimate of drug-likeness (QED) is 0.820. The second-order valence-corrected chi connectivity index (χ2v) is 3.38. The highest BCUT2D eigenvalue weighted by molar-refractivity contribution is 6.02. The third-order valence-electron chi connectivity index (χ3n) is 2.26. The molecule has 1 aromatic carbocycles. The maximum Gasteiger partial charge on any atom is 0.337 e. The molecule has 0 saturated carbocycles. The van der Waals surface area contributed by atoms with Crippen LogP contribution in [0.1, 0.15) is 17.3 Å². The molecule has 0 unspecified atom stereocenters. The van der Waals surface area contributed by atoms with E-state index in [-0.39, 0.29) is 11.1 Å². The molecule has 88 valence electrons. The Morgan fingerprint density at radius 3 is 2.82 bits per heavy atom. The zero-order valence-electron chi connectivity index (χ0n) is 9.10. The second-order valence-electron chi connectivity index (χ2n) is 3.38. The van der Waals surface area contributed by atoms with E-state index >= 15 is 0 Å². The summed E-state index contributed by atoms with van der Waals surface area (Å²) in [7, 11) is 0. The lowest BCUT2D eigenvalue weighted by Crippen LogP contribution is -2.06. The first-order chi connectivity index (χ1) is 8.11. The number of rotatable bonds is 3. The zero-order valence-corrected chi connectivity index (χ0v) is 9.10. The highest BCUT2D eigenvalue weighted by Gasteiger charge is 2.12. The molecule has 0 spiro atoms. The van der Waals surface area contributed by atoms with Crippen molar-refractivity contribution in [3.05, 3.63) is 40.2 Å². The summed E-state index contributed by atoms with van der Waals surface area (Å²) in [5, 5.41) is 9.36. The van der Waals surface area contributed by atoms with Crippen LogP contribution in [-0.2, 0) is 0 Å². The topological polar surface area (TPSA) is 76.7 Å². The third-order valence-corrected chi connectivity index (χ3v) is 2.26. The fraction of sp³-hybridized carbons (Fsp3) is 0.167. The van der Waals surface area contributed by atoms with E-state index in [2.05, 4.69) is 0 Å². The summed E-state index contributed by atoms with van der Waals surface area (Å²) in [5.41, 5.74) is -0.532. The summed E-state index contributed by atoms with van der Waals surface area (Å²) < 4.78 is 10.2. The molecular weight excluding hydrogens is 224 g/mol. The lowest BCUT2D eigenvalue weighted by molar-refractivity contribution is 0.0698. The summed E-state index contributed by atoms with van der Waals surface area (Å²) >= 11 is 0. The third kappa shape index (κ3) is 2.13. The molecule has 17 heavy (non-hydrogen) atoms. The van der Waals surface area contributed by atoms with Gasteiger partial charge in [0.05, 0.1) is 12.2 Å². The number of carboxylic acid groups (broad SMARTS) is 1. The van der Waals surface area contributed by atoms with Crippen molar-refractivity contribution in [3.8, 4) is 5.75 Å². The number of carboxylic acids is 1. The van der Waals surface area contributed by atoms with E-state index in [4.69, 9.17) is 14.3 Å². The number of hydrogen-bond acceptors (Lipinski definition) is 4. The predicted octanol–water partition coefficient (Wildman–Crippen LogP) is 1.89. The highest BCUT2D eigenvalue weighted by Crippen LogP contribution is 2.22. The van der Waals surface area contributed by atoms with Crippen LogP contribution in [0.4, 0.5) is 0 Å². The first-order valence-corrected chi connectivity index (χ1v) is 5.06. The molecule has 2 rings (SSSR count). The molecule has 0 bridgehead atoms. The number of ether oxygens (including phenoxy) is 1. The first-order valence-electron chi connectivity index (χ1n) is 5.06. The Morgan fingerprint density at radius 2 is 2.18 bits per heavy atom. The van der Waals surface area contributed by atoms with Gasteiger partial charge in [-0.1, -0.05) is 0 Å². The summed E-state index contributed by atoms with van der Waals surface area (Å²) in [6.45, 7) is 2.30. The summed E-state index contributed by atoms with van der Waals surface area (Å²) in [5.74, 6) is -0.632. The largest absolute Gasteiger partial charge is 0.494 e. The molecule has 1 aromatic heterocycles. The van der Waals surface area contributed by atoms with Crippen molar-refractivity contribution in [1.82, 2.24) is 0 Å². The molecule has 0 atom stereocenters. The van der Waals surface area contributed by atoms with E-state index in [9.17, 15) is 9.59 Å². The molecule has 0 aliphatic carbocycles. The first kappa shape index (κ1) is 11.2. The van der Waals surface area contributed by atoms with Gasteiger partial charge in [-0.25, -0.2) is 9.59 Å². The van der Waals surface area contributed by atoms with Gasteiger partial charge in [0.15, 0.2) is 0 Å². The summed E-state index contributed by atoms with van der Waals surface area (Å²) in [4.78, 5) is 22.2. The lowest BCUT2D eigenvalue weighted by atomic mass is 10.1. The lowest BCUT2D eigenvalue weighted by Gasteiger charge is -2.05. The summed E-state index contributed by atoms with van der Waals surface area (Å²) in [6, 6.07) is 5.65. The van der Waals surface area contributed by atoms with Crippen LogP contribution in [-0.4, -0.2) is 17.7 Å². The van der Waals surface area contributed by atoms with Crippen molar-refractivity contribution in [2.75, 3.05) is 6.61 Å². The predicted molar refractivity (Wildman–Crippen MR) is 60.6 cm³/mol. The van der Waals surface area contributed by atoms with Crippen molar-refractivity contribution in [2.24, 2.45) is 0 Å². The second kappa shape index (κ2) is 4.29. The van der Waals surface area contributed by atoms with Crippen LogP contribution < -0.4 is 10.4 Å². The van der Waals surface area contributed by atoms with Gasteiger partial charge in [0, 0.05) is 11.5 Å². The van der Waals surface area contributed by atoms with E-state index < -0.39 is 11.6 Å². The van der Waals surface area contributed by atoms with Crippen molar-refractivity contribution in [1.29, 1.82) is 0 Å². The van der Waals surface area contributed by atoms with E-state index in [0.717, 1.165) is 6.07 Å². The maximum atomic E-state index is 11.2. The van der Waals surface area contributed by atoms with Gasteiger partial charge in [-0.3, -0.25) is 0 Å². The van der Waals surface area contributed by atoms with Crippen LogP contribution in [0.5, 0.6) is 5.75 Å². The van der Waals surface area contributed by atoms with Crippen LogP contribution in [0, 0.1) is 0 Å². The number of fused-ring (bicyclic) bond motifs is 1. The summed E-state index contributed by atoms with van der Waals surface area (Å²) in [6.07, 6.45) is 0. The average Bonchev–Trinajstić information content (AvgIpc) is 2.28.